The van der Waals surface area contributed by atoms with Crippen LogP contribution in [0.4, 0.5) is 8.78 Å². The highest BCUT2D eigenvalue weighted by atomic mass is 19.1. The van der Waals surface area contributed by atoms with Crippen LogP contribution in [-0.4, -0.2) is 17.3 Å². The second kappa shape index (κ2) is 6.33. The molecule has 0 radical (unpaired) electrons. The first-order chi connectivity index (χ1) is 9.08. The molecule has 1 fully saturated rings. The van der Waals surface area contributed by atoms with Gasteiger partial charge < -0.3 is 9.84 Å². The van der Waals surface area contributed by atoms with E-state index in [2.05, 4.69) is 6.92 Å². The van der Waals surface area contributed by atoms with Crippen LogP contribution in [0.15, 0.2) is 18.2 Å². The Morgan fingerprint density at radius 2 is 1.89 bits per heavy atom. The Bertz CT molecular complexity index is 402. The molecule has 2 rings (SSSR count). The molecule has 1 saturated carbocycles. The van der Waals surface area contributed by atoms with Crippen LogP contribution in [-0.2, 0) is 0 Å². The molecule has 3 atom stereocenters. The minimum absolute atomic E-state index is 0.152. The normalized spacial score (nSPS) is 27.3. The van der Waals surface area contributed by atoms with E-state index in [1.807, 2.05) is 0 Å². The van der Waals surface area contributed by atoms with Gasteiger partial charge in [0.15, 0.2) is 0 Å². The molecule has 1 aromatic rings. The van der Waals surface area contributed by atoms with Crippen molar-refractivity contribution in [2.75, 3.05) is 0 Å². The van der Waals surface area contributed by atoms with E-state index in [4.69, 9.17) is 4.74 Å². The fraction of sp³-hybridized carbons (Fsp3) is 0.600. The third kappa shape index (κ3) is 3.90. The third-order valence-electron chi connectivity index (χ3n) is 3.69. The van der Waals surface area contributed by atoms with Crippen molar-refractivity contribution in [3.63, 3.8) is 0 Å². The van der Waals surface area contributed by atoms with Gasteiger partial charge in [-0.15, -0.1) is 0 Å². The first-order valence-corrected chi connectivity index (χ1v) is 6.89. The summed E-state index contributed by atoms with van der Waals surface area (Å²) in [6.07, 6.45) is 3.70. The fourth-order valence-corrected chi connectivity index (χ4v) is 2.76. The maximum atomic E-state index is 13.1. The van der Waals surface area contributed by atoms with E-state index >= 15 is 0 Å². The summed E-state index contributed by atoms with van der Waals surface area (Å²) in [5.41, 5.74) is 0. The van der Waals surface area contributed by atoms with Crippen molar-refractivity contribution in [2.24, 2.45) is 5.92 Å². The number of aliphatic hydroxyl groups excluding tert-OH is 1. The summed E-state index contributed by atoms with van der Waals surface area (Å²) in [6, 6.07) is 3.11. The SMILES string of the molecule is CCCC1CCC(O)C(Oc2cc(F)cc(F)c2)C1. The average molecular weight is 270 g/mol. The minimum Gasteiger partial charge on any atom is -0.488 e. The Labute approximate surface area is 112 Å². The smallest absolute Gasteiger partial charge is 0.129 e. The zero-order valence-electron chi connectivity index (χ0n) is 11.1. The number of hydrogen-bond donors (Lipinski definition) is 1. The molecule has 1 aliphatic carbocycles. The van der Waals surface area contributed by atoms with Gasteiger partial charge >= 0.3 is 0 Å². The van der Waals surface area contributed by atoms with Gasteiger partial charge in [-0.25, -0.2) is 8.78 Å². The molecule has 0 saturated heterocycles. The van der Waals surface area contributed by atoms with Crippen molar-refractivity contribution >= 4 is 0 Å². The molecule has 0 aromatic heterocycles. The Morgan fingerprint density at radius 1 is 1.21 bits per heavy atom. The maximum absolute atomic E-state index is 13.1. The summed E-state index contributed by atoms with van der Waals surface area (Å²) in [4.78, 5) is 0. The number of ether oxygens (including phenoxy) is 1. The average Bonchev–Trinajstić information content (AvgIpc) is 2.32. The highest BCUT2D eigenvalue weighted by Gasteiger charge is 2.30. The zero-order chi connectivity index (χ0) is 13.8. The van der Waals surface area contributed by atoms with E-state index < -0.39 is 17.7 Å². The topological polar surface area (TPSA) is 29.5 Å². The predicted molar refractivity (Wildman–Crippen MR) is 69.0 cm³/mol. The first-order valence-electron chi connectivity index (χ1n) is 6.89. The van der Waals surface area contributed by atoms with Gasteiger partial charge in [0.2, 0.25) is 0 Å². The Balaban J connectivity index is 2.03. The van der Waals surface area contributed by atoms with Gasteiger partial charge in [0.05, 0.1) is 6.10 Å². The maximum Gasteiger partial charge on any atom is 0.129 e. The molecule has 0 aliphatic heterocycles. The van der Waals surface area contributed by atoms with Gasteiger partial charge in [-0.1, -0.05) is 19.8 Å². The zero-order valence-corrected chi connectivity index (χ0v) is 11.1. The van der Waals surface area contributed by atoms with E-state index in [0.717, 1.165) is 43.9 Å². The molecule has 1 aromatic carbocycles. The summed E-state index contributed by atoms with van der Waals surface area (Å²) < 4.78 is 31.8. The molecule has 0 bridgehead atoms. The third-order valence-corrected chi connectivity index (χ3v) is 3.69. The lowest BCUT2D eigenvalue weighted by atomic mass is 9.83. The van der Waals surface area contributed by atoms with Crippen LogP contribution in [0.25, 0.3) is 0 Å². The fourth-order valence-electron chi connectivity index (χ4n) is 2.76. The molecule has 1 N–H and O–H groups in total. The molecule has 2 nitrogen and oxygen atoms in total. The van der Waals surface area contributed by atoms with Gasteiger partial charge in [0.25, 0.3) is 0 Å². The van der Waals surface area contributed by atoms with Crippen LogP contribution in [0.2, 0.25) is 0 Å². The highest BCUT2D eigenvalue weighted by Crippen LogP contribution is 2.31. The van der Waals surface area contributed by atoms with Gasteiger partial charge in [0, 0.05) is 18.2 Å². The van der Waals surface area contributed by atoms with Crippen molar-refractivity contribution in [1.29, 1.82) is 0 Å². The summed E-state index contributed by atoms with van der Waals surface area (Å²) in [7, 11) is 0. The number of aliphatic hydroxyl groups is 1. The monoisotopic (exact) mass is 270 g/mol. The Hall–Kier alpha value is -1.16. The van der Waals surface area contributed by atoms with Crippen molar-refractivity contribution in [3.8, 4) is 5.75 Å². The van der Waals surface area contributed by atoms with Gasteiger partial charge in [-0.2, -0.15) is 0 Å². The predicted octanol–water partition coefficient (Wildman–Crippen LogP) is 3.67. The van der Waals surface area contributed by atoms with Crippen LogP contribution in [0, 0.1) is 17.6 Å². The van der Waals surface area contributed by atoms with Gasteiger partial charge in [-0.05, 0) is 25.2 Å². The molecule has 106 valence electrons. The van der Waals surface area contributed by atoms with E-state index in [1.165, 1.54) is 0 Å². The number of benzene rings is 1. The summed E-state index contributed by atoms with van der Waals surface area (Å²) >= 11 is 0. The van der Waals surface area contributed by atoms with Crippen LogP contribution in [0.5, 0.6) is 5.75 Å². The van der Waals surface area contributed by atoms with Crippen LogP contribution in [0.1, 0.15) is 39.0 Å². The molecule has 0 heterocycles. The lowest BCUT2D eigenvalue weighted by Gasteiger charge is -2.33. The molecular weight excluding hydrogens is 250 g/mol. The molecule has 4 heteroatoms. The van der Waals surface area contributed by atoms with Crippen LogP contribution < -0.4 is 4.74 Å². The first kappa shape index (κ1) is 14.3. The Kier molecular flexibility index (Phi) is 4.75. The van der Waals surface area contributed by atoms with Crippen LogP contribution >= 0.6 is 0 Å². The molecule has 19 heavy (non-hydrogen) atoms. The highest BCUT2D eigenvalue weighted by molar-refractivity contribution is 5.24. The molecule has 0 amide bonds. The van der Waals surface area contributed by atoms with E-state index in [1.54, 1.807) is 0 Å². The lowest BCUT2D eigenvalue weighted by Crippen LogP contribution is -2.38. The number of hydrogen-bond acceptors (Lipinski definition) is 2. The number of rotatable bonds is 4. The van der Waals surface area contributed by atoms with Crippen molar-refractivity contribution in [2.45, 2.75) is 51.2 Å². The summed E-state index contributed by atoms with van der Waals surface area (Å²) in [5, 5.41) is 9.94. The standard InChI is InChI=1S/C15H20F2O2/c1-2-3-10-4-5-14(18)15(6-10)19-13-8-11(16)7-12(17)9-13/h7-10,14-15,18H,2-6H2,1H3. The second-order valence-corrected chi connectivity index (χ2v) is 5.30. The molecule has 1 aliphatic rings. The van der Waals surface area contributed by atoms with Crippen LogP contribution in [0.3, 0.4) is 0 Å². The second-order valence-electron chi connectivity index (χ2n) is 5.30. The molecular formula is C15H20F2O2. The molecule has 3 unspecified atom stereocenters. The van der Waals surface area contributed by atoms with Gasteiger partial charge in [0.1, 0.15) is 23.5 Å². The summed E-state index contributed by atoms with van der Waals surface area (Å²) in [5.74, 6) is -0.647. The largest absolute Gasteiger partial charge is 0.488 e. The van der Waals surface area contributed by atoms with E-state index in [9.17, 15) is 13.9 Å². The molecule has 0 spiro atoms. The quantitative estimate of drug-likeness (QED) is 0.904. The van der Waals surface area contributed by atoms with Crippen molar-refractivity contribution in [3.05, 3.63) is 29.8 Å². The van der Waals surface area contributed by atoms with Crippen molar-refractivity contribution < 1.29 is 18.6 Å². The number of halogens is 2. The minimum atomic E-state index is -0.662. The summed E-state index contributed by atoms with van der Waals surface area (Å²) in [6.45, 7) is 2.13. The van der Waals surface area contributed by atoms with E-state index in [0.29, 0.717) is 12.3 Å². The van der Waals surface area contributed by atoms with E-state index in [-0.39, 0.29) is 11.9 Å². The van der Waals surface area contributed by atoms with Gasteiger partial charge in [-0.3, -0.25) is 0 Å². The van der Waals surface area contributed by atoms with Crippen molar-refractivity contribution in [1.82, 2.24) is 0 Å². The Morgan fingerprint density at radius 3 is 2.53 bits per heavy atom. The lowest BCUT2D eigenvalue weighted by molar-refractivity contribution is -0.0119.